The highest BCUT2D eigenvalue weighted by atomic mass is 16.2. The van der Waals surface area contributed by atoms with Crippen LogP contribution in [-0.2, 0) is 13.0 Å². The number of likely N-dealkylation sites (tertiary alicyclic amines) is 1. The summed E-state index contributed by atoms with van der Waals surface area (Å²) >= 11 is 0. The van der Waals surface area contributed by atoms with E-state index in [4.69, 9.17) is 0 Å². The Morgan fingerprint density at radius 2 is 1.67 bits per heavy atom. The molecule has 4 heteroatoms. The van der Waals surface area contributed by atoms with Gasteiger partial charge in [0.05, 0.1) is 13.1 Å². The van der Waals surface area contributed by atoms with Gasteiger partial charge < -0.3 is 4.90 Å². The van der Waals surface area contributed by atoms with Crippen LogP contribution in [0.2, 0.25) is 0 Å². The minimum Gasteiger partial charge on any atom is -0.331 e. The minimum absolute atomic E-state index is 0.156. The van der Waals surface area contributed by atoms with Crippen LogP contribution in [0.25, 0.3) is 0 Å². The Balaban J connectivity index is 1.46. The van der Waals surface area contributed by atoms with Gasteiger partial charge in [0.15, 0.2) is 0 Å². The van der Waals surface area contributed by atoms with Crippen LogP contribution in [-0.4, -0.2) is 24.7 Å². The molecular formula is C23H30N3O+. The molecule has 0 saturated carbocycles. The number of hydrogen-bond acceptors (Lipinski definition) is 2. The molecule has 1 amide bonds. The molecule has 27 heavy (non-hydrogen) atoms. The number of rotatable bonds is 6. The Hall–Kier alpha value is -2.46. The third-order valence-electron chi connectivity index (χ3n) is 5.23. The topological polar surface area (TPSA) is 45.9 Å². The molecule has 0 spiro atoms. The summed E-state index contributed by atoms with van der Waals surface area (Å²) in [6, 6.07) is 18.8. The predicted octanol–water partition coefficient (Wildman–Crippen LogP) is 2.85. The highest BCUT2D eigenvalue weighted by molar-refractivity contribution is 5.95. The number of nitrogens with zero attached hydrogens (tertiary/aromatic N) is 1. The van der Waals surface area contributed by atoms with E-state index in [1.165, 1.54) is 43.5 Å². The van der Waals surface area contributed by atoms with Crippen LogP contribution in [0.1, 0.15) is 48.2 Å². The van der Waals surface area contributed by atoms with Gasteiger partial charge in [0, 0.05) is 16.8 Å². The van der Waals surface area contributed by atoms with Gasteiger partial charge in [0.25, 0.3) is 5.91 Å². The molecule has 0 bridgehead atoms. The van der Waals surface area contributed by atoms with Crippen molar-refractivity contribution in [3.63, 3.8) is 0 Å². The maximum absolute atomic E-state index is 12.0. The fraction of sp³-hybridized carbons (Fsp3) is 0.391. The molecule has 2 N–H and O–H groups in total. The number of carbonyl (C=O) groups excluding carboxylic acids is 1. The van der Waals surface area contributed by atoms with Crippen LogP contribution in [0.5, 0.6) is 0 Å². The molecule has 0 unspecified atom stereocenters. The highest BCUT2D eigenvalue weighted by Gasteiger charge is 2.22. The Morgan fingerprint density at radius 1 is 1.00 bits per heavy atom. The first-order valence-electron chi connectivity index (χ1n) is 9.88. The van der Waals surface area contributed by atoms with Crippen LogP contribution >= 0.6 is 0 Å². The summed E-state index contributed by atoms with van der Waals surface area (Å²) < 4.78 is 0. The molecule has 3 rings (SSSR count). The zero-order valence-electron chi connectivity index (χ0n) is 16.4. The molecule has 0 radical (unpaired) electrons. The lowest BCUT2D eigenvalue weighted by atomic mass is 9.90. The van der Waals surface area contributed by atoms with Crippen molar-refractivity contribution in [3.8, 4) is 0 Å². The minimum atomic E-state index is -0.156. The average molecular weight is 365 g/mol. The van der Waals surface area contributed by atoms with E-state index in [1.54, 1.807) is 4.90 Å². The van der Waals surface area contributed by atoms with Crippen molar-refractivity contribution < 1.29 is 9.69 Å². The largest absolute Gasteiger partial charge is 0.331 e. The molecular weight excluding hydrogens is 334 g/mol. The monoisotopic (exact) mass is 364 g/mol. The second-order valence-electron chi connectivity index (χ2n) is 7.76. The highest BCUT2D eigenvalue weighted by Crippen LogP contribution is 2.16. The third kappa shape index (κ3) is 6.04. The van der Waals surface area contributed by atoms with E-state index in [0.29, 0.717) is 5.56 Å². The second kappa shape index (κ2) is 9.47. The SMILES string of the molecule is CC(C)=NNC(=O)c1ccc(C[NH+]2CCC(Cc3ccccc3)CC2)cc1. The van der Waals surface area contributed by atoms with E-state index < -0.39 is 0 Å². The lowest BCUT2D eigenvalue weighted by molar-refractivity contribution is -0.919. The molecule has 142 valence electrons. The smallest absolute Gasteiger partial charge is 0.271 e. The van der Waals surface area contributed by atoms with Crippen LogP contribution in [0, 0.1) is 5.92 Å². The first-order valence-corrected chi connectivity index (χ1v) is 9.88. The standard InChI is InChI=1S/C23H29N3O/c1-18(2)24-25-23(27)22-10-8-21(9-11-22)17-26-14-12-20(13-15-26)16-19-6-4-3-5-7-19/h3-11,20H,12-17H2,1-2H3,(H,25,27)/p+1. The van der Waals surface area contributed by atoms with Crippen molar-refractivity contribution in [1.29, 1.82) is 0 Å². The summed E-state index contributed by atoms with van der Waals surface area (Å²) in [5.74, 6) is 0.654. The first kappa shape index (κ1) is 19.3. The Bertz CT molecular complexity index is 756. The zero-order chi connectivity index (χ0) is 19.1. The van der Waals surface area contributed by atoms with Crippen LogP contribution in [0.4, 0.5) is 0 Å². The number of hydrazone groups is 1. The Kier molecular flexibility index (Phi) is 6.77. The number of hydrogen-bond donors (Lipinski definition) is 2. The summed E-state index contributed by atoms with van der Waals surface area (Å²) in [5, 5.41) is 3.97. The van der Waals surface area contributed by atoms with E-state index in [0.717, 1.165) is 18.2 Å². The van der Waals surface area contributed by atoms with Gasteiger partial charge in [-0.3, -0.25) is 4.79 Å². The average Bonchev–Trinajstić information content (AvgIpc) is 2.69. The van der Waals surface area contributed by atoms with E-state index >= 15 is 0 Å². The van der Waals surface area contributed by atoms with Gasteiger partial charge >= 0.3 is 0 Å². The number of carbonyl (C=O) groups is 1. The quantitative estimate of drug-likeness (QED) is 0.601. The molecule has 1 saturated heterocycles. The van der Waals surface area contributed by atoms with Crippen molar-refractivity contribution in [2.45, 2.75) is 39.7 Å². The summed E-state index contributed by atoms with van der Waals surface area (Å²) in [4.78, 5) is 13.7. The molecule has 0 aromatic heterocycles. The molecule has 4 nitrogen and oxygen atoms in total. The Morgan fingerprint density at radius 3 is 2.30 bits per heavy atom. The molecule has 1 aliphatic heterocycles. The maximum Gasteiger partial charge on any atom is 0.271 e. The van der Waals surface area contributed by atoms with Crippen molar-refractivity contribution in [2.24, 2.45) is 11.0 Å². The van der Waals surface area contributed by atoms with Gasteiger partial charge in [-0.1, -0.05) is 42.5 Å². The van der Waals surface area contributed by atoms with E-state index in [-0.39, 0.29) is 5.91 Å². The summed E-state index contributed by atoms with van der Waals surface area (Å²) in [5.41, 5.74) is 6.80. The molecule has 2 aromatic carbocycles. The van der Waals surface area contributed by atoms with Gasteiger partial charge in [0.1, 0.15) is 6.54 Å². The van der Waals surface area contributed by atoms with Crippen molar-refractivity contribution in [3.05, 3.63) is 71.3 Å². The zero-order valence-corrected chi connectivity index (χ0v) is 16.4. The number of nitrogens with one attached hydrogen (secondary N) is 2. The van der Waals surface area contributed by atoms with Crippen molar-refractivity contribution >= 4 is 11.6 Å². The van der Waals surface area contributed by atoms with Gasteiger partial charge in [-0.2, -0.15) is 5.10 Å². The Labute approximate surface area is 162 Å². The van der Waals surface area contributed by atoms with Crippen LogP contribution in [0.3, 0.4) is 0 Å². The molecule has 0 aliphatic carbocycles. The van der Waals surface area contributed by atoms with Crippen molar-refractivity contribution in [1.82, 2.24) is 5.43 Å². The number of benzene rings is 2. The van der Waals surface area contributed by atoms with Gasteiger partial charge in [-0.15, -0.1) is 0 Å². The lowest BCUT2D eigenvalue weighted by Gasteiger charge is -2.29. The van der Waals surface area contributed by atoms with Crippen LogP contribution < -0.4 is 10.3 Å². The second-order valence-corrected chi connectivity index (χ2v) is 7.76. The van der Waals surface area contributed by atoms with Crippen LogP contribution in [0.15, 0.2) is 59.7 Å². The van der Waals surface area contributed by atoms with E-state index in [1.807, 2.05) is 26.0 Å². The molecule has 1 fully saturated rings. The molecule has 1 heterocycles. The fourth-order valence-electron chi connectivity index (χ4n) is 3.70. The molecule has 0 atom stereocenters. The van der Waals surface area contributed by atoms with Gasteiger partial charge in [0.2, 0.25) is 0 Å². The number of quaternary nitrogens is 1. The summed E-state index contributed by atoms with van der Waals surface area (Å²) in [6.45, 7) is 7.20. The van der Waals surface area contributed by atoms with E-state index in [9.17, 15) is 4.79 Å². The molecule has 2 aromatic rings. The predicted molar refractivity (Wildman–Crippen MR) is 110 cm³/mol. The summed E-state index contributed by atoms with van der Waals surface area (Å²) in [7, 11) is 0. The molecule has 1 aliphatic rings. The van der Waals surface area contributed by atoms with Gasteiger partial charge in [-0.05, 0) is 56.7 Å². The number of piperidine rings is 1. The first-order chi connectivity index (χ1) is 13.1. The van der Waals surface area contributed by atoms with Crippen molar-refractivity contribution in [2.75, 3.05) is 13.1 Å². The normalized spacial score (nSPS) is 19.3. The fourth-order valence-corrected chi connectivity index (χ4v) is 3.70. The van der Waals surface area contributed by atoms with E-state index in [2.05, 4.69) is 53.0 Å². The number of amides is 1. The van der Waals surface area contributed by atoms with Gasteiger partial charge in [-0.25, -0.2) is 5.43 Å². The lowest BCUT2D eigenvalue weighted by Crippen LogP contribution is -3.11. The third-order valence-corrected chi connectivity index (χ3v) is 5.23. The summed E-state index contributed by atoms with van der Waals surface area (Å²) in [6.07, 6.45) is 3.79. The maximum atomic E-state index is 12.0.